The molecule has 4 aromatic carbocycles. The number of piperazine rings is 1. The number of rotatable bonds is 27. The standard InChI is InChI=1S/C24H32N8O2.C22H34N8/c25-21(26)17-3-7-19(8-4-17)29-11-1-13-31-15-16-32(24(34)23(31)33)14-2-12-30-20-9-5-18(6-10-20)22(27)28;23-21(24)17-3-7-19(8-4-17)29-13-1-11-27-15-16-28-12-2-14-30-20-9-5-18(6-10-20)22(25)26/h3-10,29-30H,1-2,11-16H2,(H3,25,26)(H3,27,28);3-10,27-30H,1-2,11-16H2,(H3,23,24)(H3,25,26). The normalized spacial score (nSPS) is 12.2. The molecule has 1 saturated heterocycles. The van der Waals surface area contributed by atoms with Crippen molar-refractivity contribution in [3.63, 3.8) is 0 Å². The van der Waals surface area contributed by atoms with E-state index in [0.29, 0.717) is 50.4 Å². The molecule has 0 atom stereocenters. The van der Waals surface area contributed by atoms with E-state index in [4.69, 9.17) is 44.6 Å². The number of hydrogen-bond acceptors (Lipinski definition) is 12. The Hall–Kier alpha value is -7.18. The van der Waals surface area contributed by atoms with Crippen LogP contribution in [0.25, 0.3) is 0 Å². The van der Waals surface area contributed by atoms with E-state index in [0.717, 1.165) is 98.8 Å². The second-order valence-electron chi connectivity index (χ2n) is 15.2. The zero-order valence-corrected chi connectivity index (χ0v) is 36.6. The van der Waals surface area contributed by atoms with Crippen LogP contribution in [0.5, 0.6) is 0 Å². The van der Waals surface area contributed by atoms with Crippen molar-refractivity contribution in [3.05, 3.63) is 119 Å². The Labute approximate surface area is 376 Å². The van der Waals surface area contributed by atoms with Crippen molar-refractivity contribution in [1.29, 1.82) is 21.6 Å². The molecule has 0 aliphatic carbocycles. The zero-order chi connectivity index (χ0) is 46.1. The molecule has 1 fully saturated rings. The summed E-state index contributed by atoms with van der Waals surface area (Å²) in [5.74, 6) is -0.627. The minimum absolute atomic E-state index is 0.0329. The highest BCUT2D eigenvalue weighted by Crippen LogP contribution is 2.13. The Bertz CT molecular complexity index is 1940. The Morgan fingerprint density at radius 3 is 0.891 bits per heavy atom. The lowest BCUT2D eigenvalue weighted by molar-refractivity contribution is -0.156. The molecule has 1 aliphatic rings. The molecule has 5 rings (SSSR count). The van der Waals surface area contributed by atoms with Gasteiger partial charge in [-0.15, -0.1) is 0 Å². The first kappa shape index (κ1) is 49.5. The first-order valence-corrected chi connectivity index (χ1v) is 21.6. The molecule has 18 N–H and O–H groups in total. The van der Waals surface area contributed by atoms with Crippen LogP contribution < -0.4 is 54.8 Å². The van der Waals surface area contributed by atoms with Gasteiger partial charge in [0.2, 0.25) is 0 Å². The zero-order valence-electron chi connectivity index (χ0n) is 36.6. The van der Waals surface area contributed by atoms with Crippen molar-refractivity contribution in [1.82, 2.24) is 20.4 Å². The van der Waals surface area contributed by atoms with Gasteiger partial charge in [-0.3, -0.25) is 31.2 Å². The van der Waals surface area contributed by atoms with Crippen LogP contribution in [-0.2, 0) is 9.59 Å². The number of nitrogens with zero attached hydrogens (tertiary/aromatic N) is 2. The van der Waals surface area contributed by atoms with Crippen molar-refractivity contribution in [3.8, 4) is 0 Å². The maximum absolute atomic E-state index is 12.5. The number of carbonyl (C=O) groups is 2. The SMILES string of the molecule is N=C(N)c1ccc(NCCCN2CCN(CCCNc3ccc(C(=N)N)cc3)C(=O)C2=O)cc1.N=C(N)c1ccc(NCCCNCCNCCCNc2ccc(C(=N)N)cc2)cc1. The van der Waals surface area contributed by atoms with Crippen molar-refractivity contribution in [2.24, 2.45) is 22.9 Å². The van der Waals surface area contributed by atoms with Gasteiger partial charge in [0.1, 0.15) is 23.3 Å². The summed E-state index contributed by atoms with van der Waals surface area (Å²) in [6.07, 6.45) is 3.53. The van der Waals surface area contributed by atoms with Gasteiger partial charge in [0.05, 0.1) is 0 Å². The van der Waals surface area contributed by atoms with Crippen LogP contribution in [0.3, 0.4) is 0 Å². The highest BCUT2D eigenvalue weighted by Gasteiger charge is 2.31. The van der Waals surface area contributed by atoms with Gasteiger partial charge in [0, 0.05) is 110 Å². The van der Waals surface area contributed by atoms with Crippen LogP contribution in [0.1, 0.15) is 47.9 Å². The Morgan fingerprint density at radius 1 is 0.391 bits per heavy atom. The van der Waals surface area contributed by atoms with Crippen LogP contribution in [0.2, 0.25) is 0 Å². The van der Waals surface area contributed by atoms with Crippen molar-refractivity contribution >= 4 is 57.9 Å². The number of carbonyl (C=O) groups excluding carboxylic acids is 2. The second kappa shape index (κ2) is 27.0. The third-order valence-corrected chi connectivity index (χ3v) is 10.2. The summed E-state index contributed by atoms with van der Waals surface area (Å²) in [6, 6.07) is 29.8. The van der Waals surface area contributed by atoms with E-state index in [1.54, 1.807) is 34.1 Å². The van der Waals surface area contributed by atoms with Gasteiger partial charge in [0.15, 0.2) is 0 Å². The summed E-state index contributed by atoms with van der Waals surface area (Å²) < 4.78 is 0. The predicted molar refractivity (Wildman–Crippen MR) is 261 cm³/mol. The van der Waals surface area contributed by atoms with Gasteiger partial charge >= 0.3 is 11.8 Å². The van der Waals surface area contributed by atoms with Gasteiger partial charge in [-0.05, 0) is 136 Å². The van der Waals surface area contributed by atoms with Gasteiger partial charge in [-0.2, -0.15) is 0 Å². The second-order valence-corrected chi connectivity index (χ2v) is 15.2. The van der Waals surface area contributed by atoms with Gasteiger partial charge < -0.3 is 64.6 Å². The molecule has 18 nitrogen and oxygen atoms in total. The summed E-state index contributed by atoms with van der Waals surface area (Å²) >= 11 is 0. The topological polar surface area (TPSA) is 312 Å². The van der Waals surface area contributed by atoms with Crippen molar-refractivity contribution in [2.45, 2.75) is 25.7 Å². The highest BCUT2D eigenvalue weighted by atomic mass is 16.2. The van der Waals surface area contributed by atoms with Gasteiger partial charge in [-0.1, -0.05) is 0 Å². The number of hydrogen-bond donors (Lipinski definition) is 14. The average Bonchev–Trinajstić information content (AvgIpc) is 3.29. The van der Waals surface area contributed by atoms with Gasteiger partial charge in [0.25, 0.3) is 0 Å². The third kappa shape index (κ3) is 17.7. The van der Waals surface area contributed by atoms with E-state index < -0.39 is 11.8 Å². The molecule has 0 bridgehead atoms. The highest BCUT2D eigenvalue weighted by molar-refractivity contribution is 6.35. The minimum atomic E-state index is -0.440. The van der Waals surface area contributed by atoms with E-state index in [1.165, 1.54) is 0 Å². The molecule has 342 valence electrons. The number of nitrogen functional groups attached to an aromatic ring is 4. The molecule has 18 heteroatoms. The Kier molecular flexibility index (Phi) is 20.9. The first-order chi connectivity index (χ1) is 30.9. The lowest BCUT2D eigenvalue weighted by Crippen LogP contribution is -2.54. The van der Waals surface area contributed by atoms with Crippen molar-refractivity contribution < 1.29 is 9.59 Å². The van der Waals surface area contributed by atoms with E-state index in [1.807, 2.05) is 72.8 Å². The number of nitrogens with one attached hydrogen (secondary N) is 10. The fourth-order valence-electron chi connectivity index (χ4n) is 6.54. The van der Waals surface area contributed by atoms with Gasteiger partial charge in [-0.25, -0.2) is 0 Å². The molecule has 1 heterocycles. The molecule has 1 aliphatic heterocycles. The summed E-state index contributed by atoms with van der Waals surface area (Å²) in [4.78, 5) is 28.2. The van der Waals surface area contributed by atoms with E-state index in [-0.39, 0.29) is 23.3 Å². The van der Waals surface area contributed by atoms with Crippen LogP contribution in [0, 0.1) is 21.6 Å². The van der Waals surface area contributed by atoms with E-state index in [2.05, 4.69) is 31.9 Å². The summed E-state index contributed by atoms with van der Waals surface area (Å²) in [5.41, 5.74) is 28.6. The molecule has 0 aromatic heterocycles. The quantitative estimate of drug-likeness (QED) is 0.0178. The third-order valence-electron chi connectivity index (χ3n) is 10.2. The number of amides is 2. The molecular weight excluding hydrogens is 809 g/mol. The molecule has 0 spiro atoms. The van der Waals surface area contributed by atoms with Crippen LogP contribution in [0.15, 0.2) is 97.1 Å². The molecule has 0 saturated carbocycles. The molecule has 0 radical (unpaired) electrons. The molecule has 0 unspecified atom stereocenters. The van der Waals surface area contributed by atoms with Crippen LogP contribution in [0.4, 0.5) is 22.7 Å². The number of nitrogens with two attached hydrogens (primary N) is 4. The summed E-state index contributed by atoms with van der Waals surface area (Å²) in [5, 5.41) is 49.8. The predicted octanol–water partition coefficient (Wildman–Crippen LogP) is 2.97. The Morgan fingerprint density at radius 2 is 0.641 bits per heavy atom. The lowest BCUT2D eigenvalue weighted by atomic mass is 10.2. The first-order valence-electron chi connectivity index (χ1n) is 21.6. The monoisotopic (exact) mass is 875 g/mol. The van der Waals surface area contributed by atoms with Crippen LogP contribution in [-0.4, -0.2) is 123 Å². The van der Waals surface area contributed by atoms with E-state index in [9.17, 15) is 9.59 Å². The number of anilines is 4. The number of amidine groups is 4. The smallest absolute Gasteiger partial charge is 0.312 e. The molecular formula is C46H66N16O2. The fraction of sp³-hybridized carbons (Fsp3) is 0.348. The molecule has 64 heavy (non-hydrogen) atoms. The molecule has 4 aromatic rings. The number of benzene rings is 4. The van der Waals surface area contributed by atoms with E-state index >= 15 is 0 Å². The minimum Gasteiger partial charge on any atom is -0.385 e. The maximum atomic E-state index is 12.5. The average molecular weight is 875 g/mol. The maximum Gasteiger partial charge on any atom is 0.312 e. The summed E-state index contributed by atoms with van der Waals surface area (Å²) in [7, 11) is 0. The molecule has 2 amide bonds. The Balaban J connectivity index is 0.000000283. The summed E-state index contributed by atoms with van der Waals surface area (Å²) in [6.45, 7) is 9.11. The fourth-order valence-corrected chi connectivity index (χ4v) is 6.54. The lowest BCUT2D eigenvalue weighted by Gasteiger charge is -2.33. The van der Waals surface area contributed by atoms with Crippen molar-refractivity contribution in [2.75, 3.05) is 99.8 Å². The largest absolute Gasteiger partial charge is 0.385 e. The van der Waals surface area contributed by atoms with Crippen LogP contribution >= 0.6 is 0 Å².